The maximum atomic E-state index is 9.15. The van der Waals surface area contributed by atoms with Crippen LogP contribution < -0.4 is 10.1 Å². The lowest BCUT2D eigenvalue weighted by atomic mass is 10.1. The van der Waals surface area contributed by atoms with Gasteiger partial charge >= 0.3 is 0 Å². The van der Waals surface area contributed by atoms with E-state index < -0.39 is 0 Å². The molecule has 3 nitrogen and oxygen atoms in total. The largest absolute Gasteiger partial charge is 0.496 e. The number of rotatable bonds is 4. The fraction of sp³-hybridized carbons (Fsp3) is 0.400. The zero-order valence-corrected chi connectivity index (χ0v) is 9.01. The van der Waals surface area contributed by atoms with Crippen LogP contribution in [0.4, 0.5) is 0 Å². The Hall–Kier alpha value is -0.770. The highest BCUT2D eigenvalue weighted by molar-refractivity contribution is 6.31. The summed E-state index contributed by atoms with van der Waals surface area (Å²) in [6.45, 7) is -0.0173. The number of hydrogen-bond acceptors (Lipinski definition) is 3. The molecule has 1 aromatic rings. The summed E-state index contributed by atoms with van der Waals surface area (Å²) in [6, 6.07) is 5.22. The van der Waals surface area contributed by atoms with Crippen molar-refractivity contribution in [2.45, 2.75) is 6.04 Å². The summed E-state index contributed by atoms with van der Waals surface area (Å²) in [6.07, 6.45) is 0. The molecule has 0 aliphatic heterocycles. The third-order valence-electron chi connectivity index (χ3n) is 2.11. The Morgan fingerprint density at radius 1 is 1.57 bits per heavy atom. The van der Waals surface area contributed by atoms with Gasteiger partial charge in [-0.3, -0.25) is 0 Å². The van der Waals surface area contributed by atoms with E-state index in [1.165, 1.54) is 0 Å². The minimum Gasteiger partial charge on any atom is -0.496 e. The van der Waals surface area contributed by atoms with E-state index in [1.54, 1.807) is 20.2 Å². The topological polar surface area (TPSA) is 41.5 Å². The Morgan fingerprint density at radius 2 is 2.29 bits per heavy atom. The van der Waals surface area contributed by atoms with Crippen molar-refractivity contribution < 1.29 is 9.84 Å². The van der Waals surface area contributed by atoms with E-state index in [-0.39, 0.29) is 12.6 Å². The normalized spacial score (nSPS) is 12.6. The molecule has 0 aliphatic carbocycles. The summed E-state index contributed by atoms with van der Waals surface area (Å²) in [5, 5.41) is 12.7. The van der Waals surface area contributed by atoms with Crippen LogP contribution in [0.1, 0.15) is 11.6 Å². The van der Waals surface area contributed by atoms with Crippen molar-refractivity contribution in [3.63, 3.8) is 0 Å². The fourth-order valence-electron chi connectivity index (χ4n) is 1.36. The number of ether oxygens (including phenoxy) is 1. The van der Waals surface area contributed by atoms with Gasteiger partial charge in [-0.2, -0.15) is 0 Å². The molecule has 0 radical (unpaired) electrons. The first-order valence-electron chi connectivity index (χ1n) is 4.35. The molecule has 1 atom stereocenters. The van der Waals surface area contributed by atoms with Gasteiger partial charge in [0, 0.05) is 10.6 Å². The minimum absolute atomic E-state index is 0.0173. The molecule has 2 N–H and O–H groups in total. The second kappa shape index (κ2) is 5.20. The molecule has 1 rings (SSSR count). The number of methoxy groups -OCH3 is 1. The van der Waals surface area contributed by atoms with Crippen LogP contribution in [0.5, 0.6) is 5.75 Å². The SMILES string of the molecule is CNC(CO)c1c(Cl)cccc1OC. The molecular weight excluding hydrogens is 202 g/mol. The van der Waals surface area contributed by atoms with Crippen LogP contribution in [0, 0.1) is 0 Å². The van der Waals surface area contributed by atoms with Gasteiger partial charge in [0.05, 0.1) is 19.8 Å². The molecule has 4 heteroatoms. The van der Waals surface area contributed by atoms with E-state index in [9.17, 15) is 0 Å². The van der Waals surface area contributed by atoms with E-state index in [0.29, 0.717) is 10.8 Å². The summed E-state index contributed by atoms with van der Waals surface area (Å²) in [4.78, 5) is 0. The van der Waals surface area contributed by atoms with Gasteiger partial charge in [-0.05, 0) is 19.2 Å². The number of likely N-dealkylation sites (N-methyl/N-ethyl adjacent to an activating group) is 1. The van der Waals surface area contributed by atoms with Gasteiger partial charge in [-0.25, -0.2) is 0 Å². The molecule has 0 aromatic heterocycles. The van der Waals surface area contributed by atoms with E-state index in [1.807, 2.05) is 12.1 Å². The Bertz CT molecular complexity index is 300. The summed E-state index contributed by atoms with van der Waals surface area (Å²) in [5.41, 5.74) is 0.793. The summed E-state index contributed by atoms with van der Waals surface area (Å²) in [7, 11) is 3.35. The summed E-state index contributed by atoms with van der Waals surface area (Å²) < 4.78 is 5.18. The number of nitrogens with one attached hydrogen (secondary N) is 1. The maximum absolute atomic E-state index is 9.15. The second-order valence-corrected chi connectivity index (χ2v) is 3.29. The third kappa shape index (κ3) is 2.18. The number of aliphatic hydroxyl groups is 1. The van der Waals surface area contributed by atoms with Gasteiger partial charge < -0.3 is 15.2 Å². The monoisotopic (exact) mass is 215 g/mol. The molecule has 1 aromatic carbocycles. The average Bonchev–Trinajstić information content (AvgIpc) is 2.22. The van der Waals surface area contributed by atoms with Crippen LogP contribution in [-0.2, 0) is 0 Å². The highest BCUT2D eigenvalue weighted by atomic mass is 35.5. The third-order valence-corrected chi connectivity index (χ3v) is 2.44. The summed E-state index contributed by atoms with van der Waals surface area (Å²) in [5.74, 6) is 0.686. The molecule has 0 saturated carbocycles. The molecule has 0 heterocycles. The Balaban J connectivity index is 3.14. The molecule has 78 valence electrons. The highest BCUT2D eigenvalue weighted by Crippen LogP contribution is 2.31. The molecule has 0 bridgehead atoms. The number of hydrogen-bond donors (Lipinski definition) is 2. The minimum atomic E-state index is -0.196. The zero-order chi connectivity index (χ0) is 10.6. The van der Waals surface area contributed by atoms with Gasteiger partial charge in [-0.15, -0.1) is 0 Å². The van der Waals surface area contributed by atoms with Crippen molar-refractivity contribution in [2.75, 3.05) is 20.8 Å². The molecule has 0 aliphatic rings. The molecule has 0 fully saturated rings. The first-order valence-corrected chi connectivity index (χ1v) is 4.73. The Labute approximate surface area is 88.7 Å². The molecule has 14 heavy (non-hydrogen) atoms. The zero-order valence-electron chi connectivity index (χ0n) is 8.25. The Morgan fingerprint density at radius 3 is 2.79 bits per heavy atom. The fourth-order valence-corrected chi connectivity index (χ4v) is 1.66. The van der Waals surface area contributed by atoms with E-state index in [4.69, 9.17) is 21.4 Å². The van der Waals surface area contributed by atoms with Crippen LogP contribution in [0.3, 0.4) is 0 Å². The standard InChI is InChI=1S/C10H14ClNO2/c1-12-8(6-13)10-7(11)4-3-5-9(10)14-2/h3-5,8,12-13H,6H2,1-2H3. The van der Waals surface area contributed by atoms with Gasteiger partial charge in [0.1, 0.15) is 5.75 Å². The lowest BCUT2D eigenvalue weighted by molar-refractivity contribution is 0.247. The highest BCUT2D eigenvalue weighted by Gasteiger charge is 2.16. The van der Waals surface area contributed by atoms with Gasteiger partial charge in [0.2, 0.25) is 0 Å². The Kier molecular flexibility index (Phi) is 4.20. The molecule has 1 unspecified atom stereocenters. The number of aliphatic hydroxyl groups excluding tert-OH is 1. The lowest BCUT2D eigenvalue weighted by Crippen LogP contribution is -2.21. The average molecular weight is 216 g/mol. The molecule has 0 spiro atoms. The van der Waals surface area contributed by atoms with Gasteiger partial charge in [0.25, 0.3) is 0 Å². The van der Waals surface area contributed by atoms with Crippen LogP contribution in [0.15, 0.2) is 18.2 Å². The van der Waals surface area contributed by atoms with E-state index in [0.717, 1.165) is 5.56 Å². The van der Waals surface area contributed by atoms with Crippen molar-refractivity contribution in [1.29, 1.82) is 0 Å². The van der Waals surface area contributed by atoms with Crippen molar-refractivity contribution in [3.05, 3.63) is 28.8 Å². The lowest BCUT2D eigenvalue weighted by Gasteiger charge is -2.18. The van der Waals surface area contributed by atoms with Gasteiger partial charge in [0.15, 0.2) is 0 Å². The first-order chi connectivity index (χ1) is 6.74. The second-order valence-electron chi connectivity index (χ2n) is 2.88. The molecular formula is C10H14ClNO2. The van der Waals surface area contributed by atoms with E-state index >= 15 is 0 Å². The van der Waals surface area contributed by atoms with Crippen molar-refractivity contribution in [2.24, 2.45) is 0 Å². The quantitative estimate of drug-likeness (QED) is 0.802. The first kappa shape index (κ1) is 11.3. The number of halogens is 1. The molecule has 0 amide bonds. The van der Waals surface area contributed by atoms with Crippen LogP contribution in [0.25, 0.3) is 0 Å². The smallest absolute Gasteiger partial charge is 0.125 e. The van der Waals surface area contributed by atoms with E-state index in [2.05, 4.69) is 5.32 Å². The predicted octanol–water partition coefficient (Wildman–Crippen LogP) is 1.60. The van der Waals surface area contributed by atoms with Crippen molar-refractivity contribution in [1.82, 2.24) is 5.32 Å². The van der Waals surface area contributed by atoms with Crippen LogP contribution in [0.2, 0.25) is 5.02 Å². The number of benzene rings is 1. The van der Waals surface area contributed by atoms with Crippen molar-refractivity contribution in [3.8, 4) is 5.75 Å². The van der Waals surface area contributed by atoms with Crippen LogP contribution >= 0.6 is 11.6 Å². The predicted molar refractivity (Wildman–Crippen MR) is 56.9 cm³/mol. The summed E-state index contributed by atoms with van der Waals surface area (Å²) >= 11 is 6.03. The van der Waals surface area contributed by atoms with Gasteiger partial charge in [-0.1, -0.05) is 17.7 Å². The van der Waals surface area contributed by atoms with Crippen LogP contribution in [-0.4, -0.2) is 25.9 Å². The molecule has 0 saturated heterocycles. The van der Waals surface area contributed by atoms with Crippen molar-refractivity contribution >= 4 is 11.6 Å². The maximum Gasteiger partial charge on any atom is 0.125 e.